The van der Waals surface area contributed by atoms with Gasteiger partial charge in [-0.2, -0.15) is 10.5 Å². The molecule has 4 rings (SSSR count). The van der Waals surface area contributed by atoms with Crippen LogP contribution in [0.5, 0.6) is 0 Å². The maximum Gasteiger partial charge on any atom is 0.363 e. The molecule has 1 aliphatic rings. The first kappa shape index (κ1) is 21.5. The molecular formula is C21H11N5O6. The fourth-order valence-corrected chi connectivity index (χ4v) is 3.44. The standard InChI is InChI=1S/C14H8N2O2.C7H3N3O4/c15-8-13-12-7-9-3-1-2-4-10(9)11(12)5-6-14(13)16(17)18;8-4-5-2-1-3-6(9(11)12)7(5)10(13)14/h1-6H,7H2;1-3H. The van der Waals surface area contributed by atoms with E-state index in [1.54, 1.807) is 6.07 Å². The summed E-state index contributed by atoms with van der Waals surface area (Å²) in [5, 5.41) is 49.4. The highest BCUT2D eigenvalue weighted by Crippen LogP contribution is 2.40. The average molecular weight is 429 g/mol. The third kappa shape index (κ3) is 3.81. The Morgan fingerprint density at radius 1 is 0.719 bits per heavy atom. The van der Waals surface area contributed by atoms with Crippen molar-refractivity contribution in [3.05, 3.63) is 107 Å². The van der Waals surface area contributed by atoms with Crippen LogP contribution in [0.1, 0.15) is 22.3 Å². The second-order valence-corrected chi connectivity index (χ2v) is 6.49. The van der Waals surface area contributed by atoms with E-state index in [-0.39, 0.29) is 16.8 Å². The van der Waals surface area contributed by atoms with Crippen molar-refractivity contribution < 1.29 is 14.8 Å². The number of nitro benzene ring substituents is 3. The zero-order valence-electron chi connectivity index (χ0n) is 16.1. The normalized spacial score (nSPS) is 10.4. The molecule has 0 aromatic heterocycles. The lowest BCUT2D eigenvalue weighted by atomic mass is 10.0. The van der Waals surface area contributed by atoms with Crippen LogP contribution in [0.15, 0.2) is 54.6 Å². The molecule has 3 aromatic rings. The number of benzene rings is 3. The van der Waals surface area contributed by atoms with Gasteiger partial charge < -0.3 is 0 Å². The molecule has 0 unspecified atom stereocenters. The first-order chi connectivity index (χ1) is 15.3. The Balaban J connectivity index is 0.000000188. The van der Waals surface area contributed by atoms with Crippen LogP contribution in [0.25, 0.3) is 11.1 Å². The second-order valence-electron chi connectivity index (χ2n) is 6.49. The minimum Gasteiger partial charge on any atom is -0.258 e. The van der Waals surface area contributed by atoms with Gasteiger partial charge >= 0.3 is 11.4 Å². The summed E-state index contributed by atoms with van der Waals surface area (Å²) in [6, 6.07) is 17.9. The van der Waals surface area contributed by atoms with E-state index in [0.717, 1.165) is 34.4 Å². The summed E-state index contributed by atoms with van der Waals surface area (Å²) in [5.74, 6) is 0. The van der Waals surface area contributed by atoms with Crippen molar-refractivity contribution in [2.45, 2.75) is 6.42 Å². The average Bonchev–Trinajstić information content (AvgIpc) is 3.16. The van der Waals surface area contributed by atoms with Crippen molar-refractivity contribution in [1.82, 2.24) is 0 Å². The van der Waals surface area contributed by atoms with Crippen LogP contribution in [0.3, 0.4) is 0 Å². The summed E-state index contributed by atoms with van der Waals surface area (Å²) < 4.78 is 0. The number of nitrogens with zero attached hydrogens (tertiary/aromatic N) is 5. The molecule has 0 spiro atoms. The van der Waals surface area contributed by atoms with Gasteiger partial charge in [0.25, 0.3) is 5.69 Å². The largest absolute Gasteiger partial charge is 0.363 e. The van der Waals surface area contributed by atoms with Crippen molar-refractivity contribution in [1.29, 1.82) is 10.5 Å². The molecular weight excluding hydrogens is 418 g/mol. The zero-order chi connectivity index (χ0) is 23.4. The minimum absolute atomic E-state index is 0.107. The van der Waals surface area contributed by atoms with Crippen LogP contribution in [0.4, 0.5) is 17.1 Å². The maximum atomic E-state index is 10.9. The van der Waals surface area contributed by atoms with Gasteiger partial charge in [-0.1, -0.05) is 30.3 Å². The number of nitriles is 2. The van der Waals surface area contributed by atoms with Gasteiger partial charge in [-0.15, -0.1) is 0 Å². The predicted molar refractivity (Wildman–Crippen MR) is 111 cm³/mol. The van der Waals surface area contributed by atoms with E-state index in [2.05, 4.69) is 0 Å². The summed E-state index contributed by atoms with van der Waals surface area (Å²) in [6.45, 7) is 0. The highest BCUT2D eigenvalue weighted by atomic mass is 16.6. The third-order valence-electron chi connectivity index (χ3n) is 4.79. The lowest BCUT2D eigenvalue weighted by Gasteiger charge is -2.02. The van der Waals surface area contributed by atoms with Gasteiger partial charge in [-0.3, -0.25) is 30.3 Å². The van der Waals surface area contributed by atoms with Gasteiger partial charge in [-0.05, 0) is 34.4 Å². The number of fused-ring (bicyclic) bond motifs is 3. The fourth-order valence-electron chi connectivity index (χ4n) is 3.44. The quantitative estimate of drug-likeness (QED) is 0.339. The van der Waals surface area contributed by atoms with Crippen LogP contribution >= 0.6 is 0 Å². The lowest BCUT2D eigenvalue weighted by molar-refractivity contribution is -0.422. The topological polar surface area (TPSA) is 177 Å². The third-order valence-corrected chi connectivity index (χ3v) is 4.79. The van der Waals surface area contributed by atoms with Gasteiger partial charge in [0, 0.05) is 18.6 Å². The van der Waals surface area contributed by atoms with Crippen molar-refractivity contribution in [3.63, 3.8) is 0 Å². The molecule has 0 heterocycles. The van der Waals surface area contributed by atoms with Gasteiger partial charge in [0.1, 0.15) is 23.3 Å². The van der Waals surface area contributed by atoms with E-state index in [0.29, 0.717) is 6.42 Å². The molecule has 0 saturated carbocycles. The first-order valence-corrected chi connectivity index (χ1v) is 8.90. The van der Waals surface area contributed by atoms with Crippen LogP contribution in [-0.4, -0.2) is 14.8 Å². The molecule has 0 N–H and O–H groups in total. The Bertz CT molecular complexity index is 1370. The summed E-state index contributed by atoms with van der Waals surface area (Å²) >= 11 is 0. The van der Waals surface area contributed by atoms with Crippen LogP contribution in [0, 0.1) is 53.0 Å². The fraction of sp³-hybridized carbons (Fsp3) is 0.0476. The Hall–Kier alpha value is -5.16. The number of rotatable bonds is 3. The monoisotopic (exact) mass is 429 g/mol. The van der Waals surface area contributed by atoms with E-state index < -0.39 is 26.1 Å². The molecule has 156 valence electrons. The van der Waals surface area contributed by atoms with Gasteiger partial charge in [-0.25, -0.2) is 0 Å². The highest BCUT2D eigenvalue weighted by Gasteiger charge is 2.28. The molecule has 0 saturated heterocycles. The van der Waals surface area contributed by atoms with Crippen molar-refractivity contribution in [2.75, 3.05) is 0 Å². The minimum atomic E-state index is -0.934. The van der Waals surface area contributed by atoms with Gasteiger partial charge in [0.2, 0.25) is 0 Å². The Morgan fingerprint density at radius 2 is 1.41 bits per heavy atom. The highest BCUT2D eigenvalue weighted by molar-refractivity contribution is 5.81. The van der Waals surface area contributed by atoms with E-state index in [1.165, 1.54) is 18.2 Å². The molecule has 0 fully saturated rings. The van der Waals surface area contributed by atoms with E-state index >= 15 is 0 Å². The maximum absolute atomic E-state index is 10.9. The second kappa shape index (κ2) is 8.69. The molecule has 0 aliphatic heterocycles. The molecule has 3 aromatic carbocycles. The Labute approximate surface area is 179 Å². The summed E-state index contributed by atoms with van der Waals surface area (Å²) in [5.41, 5.74) is 2.22. The molecule has 1 aliphatic carbocycles. The van der Waals surface area contributed by atoms with Gasteiger partial charge in [0.15, 0.2) is 0 Å². The number of nitro groups is 3. The number of hydrogen-bond donors (Lipinski definition) is 0. The van der Waals surface area contributed by atoms with Crippen LogP contribution < -0.4 is 0 Å². The van der Waals surface area contributed by atoms with E-state index in [4.69, 9.17) is 10.5 Å². The van der Waals surface area contributed by atoms with Crippen LogP contribution in [0.2, 0.25) is 0 Å². The molecule has 32 heavy (non-hydrogen) atoms. The molecule has 11 heteroatoms. The summed E-state index contributed by atoms with van der Waals surface area (Å²) in [4.78, 5) is 29.4. The zero-order valence-corrected chi connectivity index (χ0v) is 16.1. The first-order valence-electron chi connectivity index (χ1n) is 8.90. The van der Waals surface area contributed by atoms with E-state index in [9.17, 15) is 30.3 Å². The number of para-hydroxylation sites is 1. The van der Waals surface area contributed by atoms with Crippen LogP contribution in [-0.2, 0) is 6.42 Å². The molecule has 0 atom stereocenters. The molecule has 0 bridgehead atoms. The summed E-state index contributed by atoms with van der Waals surface area (Å²) in [7, 11) is 0. The van der Waals surface area contributed by atoms with E-state index in [1.807, 2.05) is 30.3 Å². The Kier molecular flexibility index (Phi) is 5.85. The van der Waals surface area contributed by atoms with Crippen molar-refractivity contribution in [2.24, 2.45) is 0 Å². The smallest absolute Gasteiger partial charge is 0.258 e. The summed E-state index contributed by atoms with van der Waals surface area (Å²) in [6.07, 6.45) is 0.593. The lowest BCUT2D eigenvalue weighted by Crippen LogP contribution is -1.98. The SMILES string of the molecule is N#Cc1c([N+](=O)[O-])ccc2c1Cc1ccccc1-2.N#Cc1cccc([N+](=O)[O-])c1[N+](=O)[O-]. The van der Waals surface area contributed by atoms with Crippen molar-refractivity contribution >= 4 is 17.1 Å². The predicted octanol–water partition coefficient (Wildman–Crippen LogP) is 4.41. The molecule has 11 nitrogen and oxygen atoms in total. The number of hydrogen-bond acceptors (Lipinski definition) is 8. The Morgan fingerprint density at radius 3 is 2.00 bits per heavy atom. The van der Waals surface area contributed by atoms with Gasteiger partial charge in [0.05, 0.1) is 14.8 Å². The molecule has 0 radical (unpaired) electrons. The van der Waals surface area contributed by atoms with Crippen molar-refractivity contribution in [3.8, 4) is 23.3 Å². The molecule has 0 amide bonds.